The van der Waals surface area contributed by atoms with Gasteiger partial charge in [0.15, 0.2) is 6.29 Å². The molecule has 1 unspecified atom stereocenters. The molecule has 0 radical (unpaired) electrons. The molecule has 2 rings (SSSR count). The van der Waals surface area contributed by atoms with Gasteiger partial charge in [0.1, 0.15) is 5.60 Å². The highest BCUT2D eigenvalue weighted by atomic mass is 16.5. The predicted octanol–water partition coefficient (Wildman–Crippen LogP) is 2.34. The number of rotatable bonds is 4. The van der Waals surface area contributed by atoms with Crippen molar-refractivity contribution in [1.29, 1.82) is 0 Å². The van der Waals surface area contributed by atoms with Crippen molar-refractivity contribution >= 4 is 6.29 Å². The summed E-state index contributed by atoms with van der Waals surface area (Å²) in [6, 6.07) is 9.93. The number of ether oxygens (including phenoxy) is 2. The summed E-state index contributed by atoms with van der Waals surface area (Å²) in [4.78, 5) is 11.3. The van der Waals surface area contributed by atoms with Crippen LogP contribution in [0, 0.1) is 0 Å². The highest BCUT2D eigenvalue weighted by molar-refractivity contribution is 5.62. The summed E-state index contributed by atoms with van der Waals surface area (Å²) in [6.07, 6.45) is 3.24. The Bertz CT molecular complexity index is 340. The lowest BCUT2D eigenvalue weighted by atomic mass is 9.96. The normalized spacial score (nSPS) is 25.2. The summed E-state index contributed by atoms with van der Waals surface area (Å²) >= 11 is 0. The Kier molecular flexibility index (Phi) is 4.29. The molecular formula is C14H18O3. The average Bonchev–Trinajstić information content (AvgIpc) is 2.64. The Labute approximate surface area is 102 Å². The van der Waals surface area contributed by atoms with Gasteiger partial charge in [-0.3, -0.25) is 0 Å². The maximum Gasteiger partial charge on any atom is 0.151 e. The van der Waals surface area contributed by atoms with E-state index in [-0.39, 0.29) is 0 Å². The number of carbonyl (C=O) groups excluding carboxylic acids is 1. The fourth-order valence-corrected chi connectivity index (χ4v) is 2.04. The minimum Gasteiger partial charge on any atom is -0.381 e. The van der Waals surface area contributed by atoms with Crippen molar-refractivity contribution in [1.82, 2.24) is 0 Å². The van der Waals surface area contributed by atoms with Gasteiger partial charge >= 0.3 is 0 Å². The molecular weight excluding hydrogens is 216 g/mol. The van der Waals surface area contributed by atoms with E-state index in [0.717, 1.165) is 31.3 Å². The molecule has 0 spiro atoms. The Hall–Kier alpha value is -1.19. The Balaban J connectivity index is 1.96. The third-order valence-electron chi connectivity index (χ3n) is 3.14. The number of hydrogen-bond donors (Lipinski definition) is 0. The van der Waals surface area contributed by atoms with Gasteiger partial charge in [0.2, 0.25) is 0 Å². The van der Waals surface area contributed by atoms with Gasteiger partial charge in [-0.25, -0.2) is 0 Å². The molecule has 3 heteroatoms. The molecule has 0 aromatic heterocycles. The molecule has 1 saturated heterocycles. The standard InChI is InChI=1S/C14H18O3/c15-12-14(7-4-9-16-10-8-14)17-11-13-5-2-1-3-6-13/h1-3,5-6,12H,4,7-11H2. The van der Waals surface area contributed by atoms with Crippen LogP contribution >= 0.6 is 0 Å². The van der Waals surface area contributed by atoms with Crippen LogP contribution in [0.2, 0.25) is 0 Å². The molecule has 0 N–H and O–H groups in total. The highest BCUT2D eigenvalue weighted by Gasteiger charge is 2.31. The quantitative estimate of drug-likeness (QED) is 0.750. The molecule has 0 aliphatic carbocycles. The summed E-state index contributed by atoms with van der Waals surface area (Å²) in [5.74, 6) is 0. The van der Waals surface area contributed by atoms with Crippen LogP contribution in [0.1, 0.15) is 24.8 Å². The van der Waals surface area contributed by atoms with Crippen molar-refractivity contribution in [2.45, 2.75) is 31.5 Å². The molecule has 0 bridgehead atoms. The van der Waals surface area contributed by atoms with E-state index >= 15 is 0 Å². The average molecular weight is 234 g/mol. The van der Waals surface area contributed by atoms with E-state index in [0.29, 0.717) is 19.6 Å². The zero-order valence-electron chi connectivity index (χ0n) is 9.93. The van der Waals surface area contributed by atoms with Crippen molar-refractivity contribution in [2.24, 2.45) is 0 Å². The van der Waals surface area contributed by atoms with Gasteiger partial charge in [-0.05, 0) is 18.4 Å². The van der Waals surface area contributed by atoms with Crippen molar-refractivity contribution in [3.8, 4) is 0 Å². The largest absolute Gasteiger partial charge is 0.381 e. The summed E-state index contributed by atoms with van der Waals surface area (Å²) < 4.78 is 11.2. The van der Waals surface area contributed by atoms with Gasteiger partial charge < -0.3 is 14.3 Å². The molecule has 1 aliphatic rings. The zero-order chi connectivity index (χ0) is 12.0. The second-order valence-electron chi connectivity index (χ2n) is 4.42. The molecule has 1 atom stereocenters. The Morgan fingerprint density at radius 1 is 1.24 bits per heavy atom. The van der Waals surface area contributed by atoms with Crippen LogP contribution in [0.15, 0.2) is 30.3 Å². The van der Waals surface area contributed by atoms with Crippen LogP contribution in [-0.4, -0.2) is 25.1 Å². The summed E-state index contributed by atoms with van der Waals surface area (Å²) in [7, 11) is 0. The topological polar surface area (TPSA) is 35.5 Å². The number of hydrogen-bond acceptors (Lipinski definition) is 3. The van der Waals surface area contributed by atoms with Crippen molar-refractivity contribution < 1.29 is 14.3 Å². The Morgan fingerprint density at radius 3 is 2.82 bits per heavy atom. The first-order valence-corrected chi connectivity index (χ1v) is 6.07. The van der Waals surface area contributed by atoms with E-state index in [1.54, 1.807) is 0 Å². The summed E-state index contributed by atoms with van der Waals surface area (Å²) in [5, 5.41) is 0. The molecule has 1 aliphatic heterocycles. The van der Waals surface area contributed by atoms with Gasteiger partial charge in [0.25, 0.3) is 0 Å². The first kappa shape index (κ1) is 12.3. The monoisotopic (exact) mass is 234 g/mol. The third-order valence-corrected chi connectivity index (χ3v) is 3.14. The van der Waals surface area contributed by atoms with Crippen LogP contribution in [0.5, 0.6) is 0 Å². The fourth-order valence-electron chi connectivity index (χ4n) is 2.04. The SMILES string of the molecule is O=CC1(OCc2ccccc2)CCCOCC1. The van der Waals surface area contributed by atoms with Gasteiger partial charge in [-0.1, -0.05) is 30.3 Å². The van der Waals surface area contributed by atoms with Gasteiger partial charge in [-0.15, -0.1) is 0 Å². The number of aldehydes is 1. The van der Waals surface area contributed by atoms with Crippen LogP contribution in [0.4, 0.5) is 0 Å². The molecule has 17 heavy (non-hydrogen) atoms. The third kappa shape index (κ3) is 3.38. The minimum absolute atomic E-state index is 0.486. The van der Waals surface area contributed by atoms with Crippen LogP contribution in [-0.2, 0) is 20.9 Å². The minimum atomic E-state index is -0.646. The lowest BCUT2D eigenvalue weighted by Crippen LogP contribution is -2.34. The zero-order valence-corrected chi connectivity index (χ0v) is 9.93. The molecule has 3 nitrogen and oxygen atoms in total. The van der Waals surface area contributed by atoms with Gasteiger partial charge in [0, 0.05) is 19.6 Å². The lowest BCUT2D eigenvalue weighted by Gasteiger charge is -2.26. The molecule has 1 aromatic carbocycles. The summed E-state index contributed by atoms with van der Waals surface area (Å²) in [6.45, 7) is 1.82. The molecule has 0 saturated carbocycles. The maximum absolute atomic E-state index is 11.3. The maximum atomic E-state index is 11.3. The first-order valence-electron chi connectivity index (χ1n) is 6.07. The van der Waals surface area contributed by atoms with Gasteiger partial charge in [0.05, 0.1) is 6.61 Å². The van der Waals surface area contributed by atoms with Crippen molar-refractivity contribution in [3.63, 3.8) is 0 Å². The van der Waals surface area contributed by atoms with E-state index in [9.17, 15) is 4.79 Å². The molecule has 1 heterocycles. The van der Waals surface area contributed by atoms with Crippen LogP contribution in [0.3, 0.4) is 0 Å². The summed E-state index contributed by atoms with van der Waals surface area (Å²) in [5.41, 5.74) is 0.450. The second kappa shape index (κ2) is 5.94. The van der Waals surface area contributed by atoms with Crippen molar-refractivity contribution in [2.75, 3.05) is 13.2 Å². The van der Waals surface area contributed by atoms with Crippen molar-refractivity contribution in [3.05, 3.63) is 35.9 Å². The van der Waals surface area contributed by atoms with Gasteiger partial charge in [-0.2, -0.15) is 0 Å². The van der Waals surface area contributed by atoms with Crippen LogP contribution in [0.25, 0.3) is 0 Å². The van der Waals surface area contributed by atoms with Crippen LogP contribution < -0.4 is 0 Å². The van der Waals surface area contributed by atoms with E-state index in [1.807, 2.05) is 30.3 Å². The second-order valence-corrected chi connectivity index (χ2v) is 4.42. The molecule has 1 fully saturated rings. The molecule has 1 aromatic rings. The number of carbonyl (C=O) groups is 1. The fraction of sp³-hybridized carbons (Fsp3) is 0.500. The highest BCUT2D eigenvalue weighted by Crippen LogP contribution is 2.24. The Morgan fingerprint density at radius 2 is 2.06 bits per heavy atom. The first-order chi connectivity index (χ1) is 8.35. The smallest absolute Gasteiger partial charge is 0.151 e. The van der Waals surface area contributed by atoms with E-state index in [2.05, 4.69) is 0 Å². The molecule has 92 valence electrons. The van der Waals surface area contributed by atoms with E-state index in [4.69, 9.17) is 9.47 Å². The lowest BCUT2D eigenvalue weighted by molar-refractivity contribution is -0.135. The molecule has 0 amide bonds. The predicted molar refractivity (Wildman–Crippen MR) is 64.7 cm³/mol. The van der Waals surface area contributed by atoms with E-state index in [1.165, 1.54) is 0 Å². The van der Waals surface area contributed by atoms with E-state index < -0.39 is 5.60 Å². The number of benzene rings is 1.